The minimum atomic E-state index is -0.629. The van der Waals surface area contributed by atoms with Crippen LogP contribution in [-0.2, 0) is 16.1 Å². The van der Waals surface area contributed by atoms with Crippen LogP contribution < -0.4 is 10.1 Å². The monoisotopic (exact) mass is 510 g/mol. The molecule has 3 rings (SSSR count). The first-order chi connectivity index (χ1) is 15.8. The molecule has 0 fully saturated rings. The molecule has 2 amide bonds. The van der Waals surface area contributed by atoms with Crippen LogP contribution in [0.25, 0.3) is 10.8 Å². The molecule has 2 atom stereocenters. The number of fused-ring (bicyclic) bond motifs is 1. The van der Waals surface area contributed by atoms with Crippen LogP contribution in [0.2, 0.25) is 0 Å². The third kappa shape index (κ3) is 6.35. The lowest BCUT2D eigenvalue weighted by Crippen LogP contribution is -2.50. The van der Waals surface area contributed by atoms with Crippen molar-refractivity contribution in [3.8, 4) is 5.75 Å². The first-order valence-electron chi connectivity index (χ1n) is 11.3. The van der Waals surface area contributed by atoms with Gasteiger partial charge in [-0.2, -0.15) is 0 Å². The van der Waals surface area contributed by atoms with Crippen LogP contribution in [0.5, 0.6) is 5.75 Å². The molecule has 33 heavy (non-hydrogen) atoms. The third-order valence-corrected chi connectivity index (χ3v) is 6.60. The van der Waals surface area contributed by atoms with Crippen molar-refractivity contribution in [3.63, 3.8) is 0 Å². The zero-order valence-corrected chi connectivity index (χ0v) is 21.2. The summed E-state index contributed by atoms with van der Waals surface area (Å²) >= 11 is 3.60. The maximum absolute atomic E-state index is 13.3. The second-order valence-corrected chi connectivity index (χ2v) is 9.19. The van der Waals surface area contributed by atoms with Gasteiger partial charge in [-0.25, -0.2) is 0 Å². The number of ether oxygens (including phenoxy) is 1. The first-order valence-corrected chi connectivity index (χ1v) is 12.0. The number of halogens is 1. The number of nitrogens with zero attached hydrogens (tertiary/aromatic N) is 1. The van der Waals surface area contributed by atoms with Crippen LogP contribution in [0.15, 0.2) is 65.1 Å². The number of carbonyl (C=O) groups excluding carboxylic acids is 2. The van der Waals surface area contributed by atoms with Crippen LogP contribution in [0.4, 0.5) is 0 Å². The van der Waals surface area contributed by atoms with Gasteiger partial charge in [-0.1, -0.05) is 67.1 Å². The summed E-state index contributed by atoms with van der Waals surface area (Å²) in [4.78, 5) is 27.7. The van der Waals surface area contributed by atoms with Crippen molar-refractivity contribution in [1.29, 1.82) is 0 Å². The molecule has 0 aliphatic rings. The fraction of sp³-hybridized carbons (Fsp3) is 0.333. The van der Waals surface area contributed by atoms with Gasteiger partial charge in [0, 0.05) is 12.6 Å². The first kappa shape index (κ1) is 24.8. The summed E-state index contributed by atoms with van der Waals surface area (Å²) in [6.45, 7) is 7.91. The van der Waals surface area contributed by atoms with Crippen molar-refractivity contribution >= 4 is 38.5 Å². The lowest BCUT2D eigenvalue weighted by atomic mass is 10.1. The van der Waals surface area contributed by atoms with Crippen LogP contribution in [0.1, 0.15) is 38.3 Å². The molecule has 0 aliphatic carbocycles. The summed E-state index contributed by atoms with van der Waals surface area (Å²) in [5.74, 6) is 0.176. The Hall–Kier alpha value is -2.86. The lowest BCUT2D eigenvalue weighted by molar-refractivity contribution is -0.142. The Morgan fingerprint density at radius 3 is 2.55 bits per heavy atom. The SMILES string of the molecule is CCC(C)NC(=O)C(C)N(Cc1cccc(C)c1)C(=O)COc1ccc2ccccc2c1Br. The van der Waals surface area contributed by atoms with Crippen molar-refractivity contribution in [2.24, 2.45) is 0 Å². The maximum atomic E-state index is 13.3. The fourth-order valence-electron chi connectivity index (χ4n) is 3.60. The van der Waals surface area contributed by atoms with Gasteiger partial charge < -0.3 is 15.0 Å². The molecule has 0 radical (unpaired) electrons. The number of hydrogen-bond acceptors (Lipinski definition) is 3. The van der Waals surface area contributed by atoms with Crippen LogP contribution in [0, 0.1) is 6.92 Å². The summed E-state index contributed by atoms with van der Waals surface area (Å²) in [5.41, 5.74) is 2.08. The van der Waals surface area contributed by atoms with Gasteiger partial charge in [-0.15, -0.1) is 0 Å². The van der Waals surface area contributed by atoms with Gasteiger partial charge in [0.1, 0.15) is 11.8 Å². The number of hydrogen-bond donors (Lipinski definition) is 1. The summed E-state index contributed by atoms with van der Waals surface area (Å²) in [5, 5.41) is 5.08. The van der Waals surface area contributed by atoms with Crippen molar-refractivity contribution < 1.29 is 14.3 Å². The van der Waals surface area contributed by atoms with Gasteiger partial charge in [0.05, 0.1) is 4.47 Å². The largest absolute Gasteiger partial charge is 0.483 e. The van der Waals surface area contributed by atoms with Crippen molar-refractivity contribution in [3.05, 3.63) is 76.3 Å². The molecule has 174 valence electrons. The van der Waals surface area contributed by atoms with Crippen molar-refractivity contribution in [1.82, 2.24) is 10.2 Å². The molecule has 3 aromatic carbocycles. The van der Waals surface area contributed by atoms with E-state index in [9.17, 15) is 9.59 Å². The molecular weight excluding hydrogens is 480 g/mol. The summed E-state index contributed by atoms with van der Waals surface area (Å²) < 4.78 is 6.72. The second-order valence-electron chi connectivity index (χ2n) is 8.39. The Labute approximate surface area is 204 Å². The molecule has 3 aromatic rings. The quantitative estimate of drug-likeness (QED) is 0.406. The fourth-order valence-corrected chi connectivity index (χ4v) is 4.21. The number of nitrogens with one attached hydrogen (secondary N) is 1. The van der Waals surface area contributed by atoms with Gasteiger partial charge in [0.2, 0.25) is 5.91 Å². The van der Waals surface area contributed by atoms with Crippen LogP contribution >= 0.6 is 15.9 Å². The predicted octanol–water partition coefficient (Wildman–Crippen LogP) is 5.62. The highest BCUT2D eigenvalue weighted by Gasteiger charge is 2.27. The van der Waals surface area contributed by atoms with Crippen LogP contribution in [0.3, 0.4) is 0 Å². The number of aryl methyl sites for hydroxylation is 1. The molecule has 0 aromatic heterocycles. The van der Waals surface area contributed by atoms with Gasteiger partial charge in [0.15, 0.2) is 6.61 Å². The van der Waals surface area contributed by atoms with E-state index in [1.54, 1.807) is 11.8 Å². The molecule has 6 heteroatoms. The Bertz CT molecular complexity index is 1130. The Morgan fingerprint density at radius 2 is 1.82 bits per heavy atom. The van der Waals surface area contributed by atoms with Gasteiger partial charge >= 0.3 is 0 Å². The zero-order valence-electron chi connectivity index (χ0n) is 19.6. The van der Waals surface area contributed by atoms with Crippen molar-refractivity contribution in [2.75, 3.05) is 6.61 Å². The maximum Gasteiger partial charge on any atom is 0.261 e. The van der Waals surface area contributed by atoms with E-state index in [4.69, 9.17) is 4.74 Å². The average Bonchev–Trinajstić information content (AvgIpc) is 2.81. The Balaban J connectivity index is 1.79. The zero-order chi connectivity index (χ0) is 24.0. The summed E-state index contributed by atoms with van der Waals surface area (Å²) in [7, 11) is 0. The van der Waals surface area contributed by atoms with E-state index < -0.39 is 6.04 Å². The normalized spacial score (nSPS) is 12.8. The minimum absolute atomic E-state index is 0.0423. The molecule has 5 nitrogen and oxygen atoms in total. The molecule has 0 heterocycles. The molecule has 0 saturated heterocycles. The van der Waals surface area contributed by atoms with E-state index in [-0.39, 0.29) is 24.5 Å². The number of amides is 2. The van der Waals surface area contributed by atoms with Gasteiger partial charge in [-0.05, 0) is 65.5 Å². The van der Waals surface area contributed by atoms with E-state index in [0.717, 1.165) is 32.8 Å². The highest BCUT2D eigenvalue weighted by molar-refractivity contribution is 9.10. The van der Waals surface area contributed by atoms with E-state index >= 15 is 0 Å². The summed E-state index contributed by atoms with van der Waals surface area (Å²) in [6.07, 6.45) is 0.823. The van der Waals surface area contributed by atoms with Gasteiger partial charge in [0.25, 0.3) is 5.91 Å². The molecule has 0 saturated carbocycles. The van der Waals surface area contributed by atoms with Crippen molar-refractivity contribution in [2.45, 2.75) is 52.7 Å². The lowest BCUT2D eigenvalue weighted by Gasteiger charge is -2.29. The number of carbonyl (C=O) groups is 2. The second kappa shape index (κ2) is 11.3. The van der Waals surface area contributed by atoms with E-state index in [2.05, 4.69) is 21.2 Å². The average molecular weight is 511 g/mol. The standard InChI is InChI=1S/C27H31BrN2O3/c1-5-19(3)29-27(32)20(4)30(16-21-10-8-9-18(2)15-21)25(31)17-33-24-14-13-22-11-6-7-12-23(22)26(24)28/h6-15,19-20H,5,16-17H2,1-4H3,(H,29,32). The minimum Gasteiger partial charge on any atom is -0.483 e. The number of rotatable bonds is 9. The molecule has 0 spiro atoms. The highest BCUT2D eigenvalue weighted by Crippen LogP contribution is 2.33. The van der Waals surface area contributed by atoms with Crippen LogP contribution in [-0.4, -0.2) is 35.4 Å². The smallest absolute Gasteiger partial charge is 0.261 e. The summed E-state index contributed by atoms with van der Waals surface area (Å²) in [6, 6.07) is 19.2. The van der Waals surface area contributed by atoms with E-state index in [0.29, 0.717) is 12.3 Å². The highest BCUT2D eigenvalue weighted by atomic mass is 79.9. The Morgan fingerprint density at radius 1 is 1.06 bits per heavy atom. The van der Waals surface area contributed by atoms with E-state index in [1.165, 1.54) is 0 Å². The molecule has 0 aliphatic heterocycles. The van der Waals surface area contributed by atoms with Gasteiger partial charge in [-0.3, -0.25) is 9.59 Å². The molecular formula is C27H31BrN2O3. The molecule has 2 unspecified atom stereocenters. The van der Waals surface area contributed by atoms with E-state index in [1.807, 2.05) is 81.4 Å². The Kier molecular flexibility index (Phi) is 8.50. The third-order valence-electron chi connectivity index (χ3n) is 5.78. The molecule has 0 bridgehead atoms. The molecule has 1 N–H and O–H groups in total. The number of benzene rings is 3. The predicted molar refractivity (Wildman–Crippen MR) is 136 cm³/mol. The topological polar surface area (TPSA) is 58.6 Å².